The smallest absolute Gasteiger partial charge is 0.0596 e. The first-order valence-electron chi connectivity index (χ1n) is 10.8. The maximum Gasteiger partial charge on any atom is 0.0596 e. The largest absolute Gasteiger partial charge is 0.393 e. The molecule has 0 aliphatic heterocycles. The molecule has 1 aromatic heterocycles. The molecule has 0 aromatic carbocycles. The van der Waals surface area contributed by atoms with Crippen LogP contribution in [-0.2, 0) is 12.8 Å². The third-order valence-electron chi connectivity index (χ3n) is 9.83. The monoisotopic (exact) mass is 341 g/mol. The van der Waals surface area contributed by atoms with Crippen molar-refractivity contribution in [3.8, 4) is 0 Å². The van der Waals surface area contributed by atoms with Crippen molar-refractivity contribution < 1.29 is 5.11 Å². The predicted molar refractivity (Wildman–Crippen MR) is 101 cm³/mol. The van der Waals surface area contributed by atoms with Gasteiger partial charge in [-0.3, -0.25) is 0 Å². The Morgan fingerprint density at radius 1 is 0.960 bits per heavy atom. The molecule has 3 fully saturated rings. The summed E-state index contributed by atoms with van der Waals surface area (Å²) < 4.78 is 0. The van der Waals surface area contributed by atoms with Crippen molar-refractivity contribution >= 4 is 0 Å². The zero-order valence-corrected chi connectivity index (χ0v) is 16.2. The lowest BCUT2D eigenvalue weighted by molar-refractivity contribution is -0.0737. The molecule has 25 heavy (non-hydrogen) atoms. The molecular formula is C23H35NO. The molecule has 2 heteroatoms. The van der Waals surface area contributed by atoms with Gasteiger partial charge in [-0.2, -0.15) is 0 Å². The van der Waals surface area contributed by atoms with E-state index in [9.17, 15) is 5.11 Å². The highest BCUT2D eigenvalue weighted by Crippen LogP contribution is 2.64. The lowest BCUT2D eigenvalue weighted by Crippen LogP contribution is -2.49. The van der Waals surface area contributed by atoms with E-state index < -0.39 is 0 Å². The van der Waals surface area contributed by atoms with Gasteiger partial charge in [-0.1, -0.05) is 20.8 Å². The molecule has 2 N–H and O–H groups in total. The maximum atomic E-state index is 10.7. The Balaban J connectivity index is 1.57. The van der Waals surface area contributed by atoms with Gasteiger partial charge in [-0.05, 0) is 103 Å². The molecule has 1 heterocycles. The van der Waals surface area contributed by atoms with Crippen molar-refractivity contribution in [3.63, 3.8) is 0 Å². The van der Waals surface area contributed by atoms with Crippen LogP contribution in [0.25, 0.3) is 0 Å². The molecule has 3 saturated carbocycles. The van der Waals surface area contributed by atoms with Gasteiger partial charge in [0.2, 0.25) is 0 Å². The normalized spacial score (nSPS) is 51.8. The minimum absolute atomic E-state index is 0.0506. The van der Waals surface area contributed by atoms with Crippen LogP contribution in [0, 0.1) is 40.4 Å². The van der Waals surface area contributed by atoms with Crippen molar-refractivity contribution in [2.24, 2.45) is 40.4 Å². The topological polar surface area (TPSA) is 36.0 Å². The number of fused-ring (bicyclic) bond motifs is 7. The average Bonchev–Trinajstić information content (AvgIpc) is 3.09. The van der Waals surface area contributed by atoms with Crippen molar-refractivity contribution in [2.75, 3.05) is 0 Å². The summed E-state index contributed by atoms with van der Waals surface area (Å²) in [7, 11) is 0. The van der Waals surface area contributed by atoms with E-state index in [0.29, 0.717) is 5.41 Å². The van der Waals surface area contributed by atoms with Crippen LogP contribution in [0.15, 0.2) is 12.4 Å². The van der Waals surface area contributed by atoms with E-state index in [1.807, 2.05) is 0 Å². The number of aliphatic hydroxyl groups excluding tert-OH is 1. The Bertz CT molecular complexity index is 665. The number of hydrogen-bond acceptors (Lipinski definition) is 1. The van der Waals surface area contributed by atoms with Gasteiger partial charge >= 0.3 is 0 Å². The van der Waals surface area contributed by atoms with Gasteiger partial charge in [-0.25, -0.2) is 0 Å². The number of aromatic nitrogens is 1. The SMILES string of the molecule is C[C@H]1C2CCC3C4CCC(O)C4(C)CCC3C1(C)Cc1c[nH]cc1C2. The molecule has 8 atom stereocenters. The van der Waals surface area contributed by atoms with Gasteiger partial charge in [-0.15, -0.1) is 0 Å². The highest BCUT2D eigenvalue weighted by Gasteiger charge is 2.59. The van der Waals surface area contributed by atoms with Gasteiger partial charge in [0, 0.05) is 12.4 Å². The van der Waals surface area contributed by atoms with Crippen LogP contribution < -0.4 is 0 Å². The Morgan fingerprint density at radius 3 is 2.56 bits per heavy atom. The van der Waals surface area contributed by atoms with Crippen LogP contribution in [0.4, 0.5) is 0 Å². The number of nitrogens with one attached hydrogen (secondary N) is 1. The fourth-order valence-corrected chi connectivity index (χ4v) is 8.06. The van der Waals surface area contributed by atoms with Gasteiger partial charge in [0.15, 0.2) is 0 Å². The molecule has 5 rings (SSSR count). The first-order valence-corrected chi connectivity index (χ1v) is 10.8. The number of rotatable bonds is 0. The van der Waals surface area contributed by atoms with Crippen LogP contribution >= 0.6 is 0 Å². The van der Waals surface area contributed by atoms with Crippen molar-refractivity contribution in [2.45, 2.75) is 78.2 Å². The van der Waals surface area contributed by atoms with Crippen LogP contribution in [0.1, 0.15) is 70.4 Å². The van der Waals surface area contributed by atoms with Crippen molar-refractivity contribution in [3.05, 3.63) is 23.5 Å². The first kappa shape index (κ1) is 16.4. The number of aliphatic hydroxyl groups is 1. The molecule has 4 aliphatic rings. The minimum Gasteiger partial charge on any atom is -0.393 e. The van der Waals surface area contributed by atoms with E-state index in [1.54, 1.807) is 11.1 Å². The summed E-state index contributed by atoms with van der Waals surface area (Å²) in [6.45, 7) is 7.61. The number of hydrogen-bond donors (Lipinski definition) is 2. The van der Waals surface area contributed by atoms with Crippen LogP contribution in [0.5, 0.6) is 0 Å². The summed E-state index contributed by atoms with van der Waals surface area (Å²) in [6.07, 6.45) is 14.7. The van der Waals surface area contributed by atoms with Crippen LogP contribution in [-0.4, -0.2) is 16.2 Å². The van der Waals surface area contributed by atoms with Gasteiger partial charge in [0.25, 0.3) is 0 Å². The highest BCUT2D eigenvalue weighted by molar-refractivity contribution is 5.28. The van der Waals surface area contributed by atoms with E-state index in [-0.39, 0.29) is 11.5 Å². The lowest BCUT2D eigenvalue weighted by Gasteiger charge is -2.54. The first-order chi connectivity index (χ1) is 11.9. The van der Waals surface area contributed by atoms with E-state index in [4.69, 9.17) is 0 Å². The highest BCUT2D eigenvalue weighted by atomic mass is 16.3. The quantitative estimate of drug-likeness (QED) is 0.687. The third-order valence-corrected chi connectivity index (χ3v) is 9.83. The molecule has 0 amide bonds. The summed E-state index contributed by atoms with van der Waals surface area (Å²) in [6, 6.07) is 0. The Kier molecular flexibility index (Phi) is 3.53. The molecule has 7 unspecified atom stereocenters. The Labute approximate surface area is 152 Å². The summed E-state index contributed by atoms with van der Waals surface area (Å²) in [5, 5.41) is 10.7. The van der Waals surface area contributed by atoms with Crippen LogP contribution in [0.3, 0.4) is 0 Å². The summed E-state index contributed by atoms with van der Waals surface area (Å²) >= 11 is 0. The number of aromatic amines is 1. The van der Waals surface area contributed by atoms with E-state index >= 15 is 0 Å². The lowest BCUT2D eigenvalue weighted by atomic mass is 9.51. The second-order valence-electron chi connectivity index (χ2n) is 10.5. The fraction of sp³-hybridized carbons (Fsp3) is 0.826. The molecular weight excluding hydrogens is 306 g/mol. The van der Waals surface area contributed by atoms with Crippen LogP contribution in [0.2, 0.25) is 0 Å². The molecule has 0 spiro atoms. The fourth-order valence-electron chi connectivity index (χ4n) is 8.06. The molecule has 0 radical (unpaired) electrons. The Morgan fingerprint density at radius 2 is 1.72 bits per heavy atom. The second kappa shape index (κ2) is 5.38. The molecule has 138 valence electrons. The molecule has 0 saturated heterocycles. The van der Waals surface area contributed by atoms with Gasteiger partial charge < -0.3 is 10.1 Å². The minimum atomic E-state index is -0.0506. The molecule has 2 nitrogen and oxygen atoms in total. The maximum absolute atomic E-state index is 10.7. The van der Waals surface area contributed by atoms with Crippen molar-refractivity contribution in [1.29, 1.82) is 0 Å². The zero-order chi connectivity index (χ0) is 17.4. The standard InChI is InChI=1S/C23H35NO/c1-14-15-4-5-18-19-6-7-21(25)22(19,2)9-8-20(18)23(14,3)11-17-13-24-12-16(17)10-15/h12-15,18-21,24-25H,4-11H2,1-3H3/t14-,15?,18?,19?,20?,21?,22?,23?/m0/s1. The molecule has 1 aromatic rings. The summed E-state index contributed by atoms with van der Waals surface area (Å²) in [5.74, 6) is 4.10. The summed E-state index contributed by atoms with van der Waals surface area (Å²) in [4.78, 5) is 3.40. The third kappa shape index (κ3) is 2.13. The second-order valence-corrected chi connectivity index (χ2v) is 10.5. The zero-order valence-electron chi connectivity index (χ0n) is 16.2. The molecule has 2 bridgehead atoms. The van der Waals surface area contributed by atoms with Gasteiger partial charge in [0.05, 0.1) is 6.10 Å². The van der Waals surface area contributed by atoms with E-state index in [2.05, 4.69) is 38.1 Å². The summed E-state index contributed by atoms with van der Waals surface area (Å²) in [5.41, 5.74) is 3.82. The predicted octanol–water partition coefficient (Wildman–Crippen LogP) is 4.97. The Hall–Kier alpha value is -0.760. The van der Waals surface area contributed by atoms with Gasteiger partial charge in [0.1, 0.15) is 0 Å². The van der Waals surface area contributed by atoms with Crippen molar-refractivity contribution in [1.82, 2.24) is 4.98 Å². The average molecular weight is 342 g/mol. The number of H-pyrrole nitrogens is 1. The van der Waals surface area contributed by atoms with E-state index in [1.165, 1.54) is 44.9 Å². The van der Waals surface area contributed by atoms with E-state index in [0.717, 1.165) is 36.0 Å². The molecule has 4 aliphatic carbocycles.